The van der Waals surface area contributed by atoms with Gasteiger partial charge in [0.1, 0.15) is 6.61 Å². The number of aryl methyl sites for hydroxylation is 1. The molecule has 1 fully saturated rings. The van der Waals surface area contributed by atoms with Crippen molar-refractivity contribution in [3.05, 3.63) is 53.9 Å². The van der Waals surface area contributed by atoms with Crippen molar-refractivity contribution < 1.29 is 14.6 Å². The lowest BCUT2D eigenvalue weighted by molar-refractivity contribution is -0.127. The number of aromatic nitrogens is 2. The molecule has 1 aliphatic rings. The predicted octanol–water partition coefficient (Wildman–Crippen LogP) is 1.66. The van der Waals surface area contributed by atoms with Gasteiger partial charge in [-0.15, -0.1) is 0 Å². The highest BCUT2D eigenvalue weighted by Gasteiger charge is 2.34. The van der Waals surface area contributed by atoms with Crippen molar-refractivity contribution in [2.75, 3.05) is 6.61 Å². The molecule has 6 heteroatoms. The second kappa shape index (κ2) is 8.27. The van der Waals surface area contributed by atoms with E-state index in [0.29, 0.717) is 18.9 Å². The van der Waals surface area contributed by atoms with Crippen molar-refractivity contribution in [1.29, 1.82) is 0 Å². The number of aliphatic hydroxyl groups excluding tert-OH is 1. The van der Waals surface area contributed by atoms with E-state index in [2.05, 4.69) is 10.4 Å². The van der Waals surface area contributed by atoms with Crippen molar-refractivity contribution in [2.45, 2.75) is 45.1 Å². The quantitative estimate of drug-likeness (QED) is 0.802. The third-order valence-electron chi connectivity index (χ3n) is 4.73. The Labute approximate surface area is 147 Å². The SMILES string of the molecule is Cc1ccccc1COCC(=O)N[C@@H]1CC(Cn2cccn2)C[C@H]1O. The number of carbonyl (C=O) groups excluding carboxylic acids is 1. The zero-order valence-corrected chi connectivity index (χ0v) is 14.5. The summed E-state index contributed by atoms with van der Waals surface area (Å²) >= 11 is 0. The first kappa shape index (κ1) is 17.6. The van der Waals surface area contributed by atoms with Crippen LogP contribution in [0.5, 0.6) is 0 Å². The molecule has 134 valence electrons. The van der Waals surface area contributed by atoms with E-state index in [4.69, 9.17) is 4.74 Å². The van der Waals surface area contributed by atoms with Gasteiger partial charge in [0.25, 0.3) is 0 Å². The maximum absolute atomic E-state index is 12.1. The fourth-order valence-electron chi connectivity index (χ4n) is 3.37. The van der Waals surface area contributed by atoms with Gasteiger partial charge in [0.05, 0.1) is 18.8 Å². The first-order valence-electron chi connectivity index (χ1n) is 8.69. The summed E-state index contributed by atoms with van der Waals surface area (Å²) in [6.45, 7) is 3.20. The zero-order valence-electron chi connectivity index (χ0n) is 14.5. The molecule has 0 aliphatic heterocycles. The van der Waals surface area contributed by atoms with E-state index in [0.717, 1.165) is 24.1 Å². The highest BCUT2D eigenvalue weighted by atomic mass is 16.5. The van der Waals surface area contributed by atoms with E-state index in [1.54, 1.807) is 6.20 Å². The lowest BCUT2D eigenvalue weighted by Crippen LogP contribution is -2.41. The summed E-state index contributed by atoms with van der Waals surface area (Å²) in [7, 11) is 0. The van der Waals surface area contributed by atoms with E-state index in [-0.39, 0.29) is 18.6 Å². The first-order chi connectivity index (χ1) is 12.1. The molecule has 3 rings (SSSR count). The van der Waals surface area contributed by atoms with Gasteiger partial charge < -0.3 is 15.2 Å². The van der Waals surface area contributed by atoms with Crippen LogP contribution in [0, 0.1) is 12.8 Å². The standard InChI is InChI=1S/C19H25N3O3/c1-14-5-2-3-6-16(14)12-25-13-19(24)21-17-9-15(10-18(17)23)11-22-8-4-7-20-22/h2-8,15,17-18,23H,9-13H2,1H3,(H,21,24)/t15?,17-,18-/m1/s1. The molecule has 6 nitrogen and oxygen atoms in total. The average molecular weight is 343 g/mol. The number of aliphatic hydroxyl groups is 1. The summed E-state index contributed by atoms with van der Waals surface area (Å²) < 4.78 is 7.38. The molecule has 1 heterocycles. The Hall–Kier alpha value is -2.18. The monoisotopic (exact) mass is 343 g/mol. The maximum Gasteiger partial charge on any atom is 0.246 e. The number of nitrogens with one attached hydrogen (secondary N) is 1. The van der Waals surface area contributed by atoms with Crippen LogP contribution in [0.4, 0.5) is 0 Å². The molecule has 1 saturated carbocycles. The third kappa shape index (κ3) is 4.90. The molecule has 0 saturated heterocycles. The van der Waals surface area contributed by atoms with E-state index >= 15 is 0 Å². The number of hydrogen-bond acceptors (Lipinski definition) is 4. The largest absolute Gasteiger partial charge is 0.391 e. The fraction of sp³-hybridized carbons (Fsp3) is 0.474. The van der Waals surface area contributed by atoms with Crippen LogP contribution in [0.2, 0.25) is 0 Å². The molecular weight excluding hydrogens is 318 g/mol. The Morgan fingerprint density at radius 2 is 2.20 bits per heavy atom. The summed E-state index contributed by atoms with van der Waals surface area (Å²) in [5.74, 6) is 0.130. The van der Waals surface area contributed by atoms with Crippen LogP contribution in [0.15, 0.2) is 42.7 Å². The lowest BCUT2D eigenvalue weighted by atomic mass is 10.1. The van der Waals surface area contributed by atoms with Gasteiger partial charge in [-0.05, 0) is 42.9 Å². The van der Waals surface area contributed by atoms with Gasteiger partial charge >= 0.3 is 0 Å². The van der Waals surface area contributed by atoms with Gasteiger partial charge in [-0.1, -0.05) is 24.3 Å². The summed E-state index contributed by atoms with van der Waals surface area (Å²) in [5, 5.41) is 17.3. The van der Waals surface area contributed by atoms with Crippen LogP contribution >= 0.6 is 0 Å². The van der Waals surface area contributed by atoms with E-state index in [1.807, 2.05) is 48.1 Å². The molecule has 25 heavy (non-hydrogen) atoms. The predicted molar refractivity (Wildman–Crippen MR) is 93.7 cm³/mol. The van der Waals surface area contributed by atoms with Gasteiger partial charge in [0, 0.05) is 18.9 Å². The number of rotatable bonds is 7. The number of nitrogens with zero attached hydrogens (tertiary/aromatic N) is 2. The minimum atomic E-state index is -0.513. The first-order valence-corrected chi connectivity index (χ1v) is 8.69. The van der Waals surface area contributed by atoms with E-state index in [1.165, 1.54) is 0 Å². The van der Waals surface area contributed by atoms with Crippen molar-refractivity contribution in [2.24, 2.45) is 5.92 Å². The zero-order chi connectivity index (χ0) is 17.6. The summed E-state index contributed by atoms with van der Waals surface area (Å²) in [4.78, 5) is 12.1. The maximum atomic E-state index is 12.1. The topological polar surface area (TPSA) is 76.4 Å². The molecule has 2 N–H and O–H groups in total. The van der Waals surface area contributed by atoms with Crippen LogP contribution < -0.4 is 5.32 Å². The molecule has 0 radical (unpaired) electrons. The average Bonchev–Trinajstić information content (AvgIpc) is 3.20. The number of ether oxygens (including phenoxy) is 1. The van der Waals surface area contributed by atoms with Gasteiger partial charge in [-0.3, -0.25) is 9.48 Å². The molecule has 3 atom stereocenters. The summed E-state index contributed by atoms with van der Waals surface area (Å²) in [5.41, 5.74) is 2.23. The third-order valence-corrected chi connectivity index (χ3v) is 4.73. The molecular formula is C19H25N3O3. The number of amides is 1. The Balaban J connectivity index is 1.41. The molecule has 0 spiro atoms. The van der Waals surface area contributed by atoms with Crippen molar-refractivity contribution in [3.63, 3.8) is 0 Å². The smallest absolute Gasteiger partial charge is 0.246 e. The van der Waals surface area contributed by atoms with E-state index in [9.17, 15) is 9.90 Å². The molecule has 2 aromatic rings. The molecule has 1 amide bonds. The fourth-order valence-corrected chi connectivity index (χ4v) is 3.37. The minimum absolute atomic E-state index is 0.00137. The molecule has 0 bridgehead atoms. The van der Waals surface area contributed by atoms with Crippen molar-refractivity contribution in [1.82, 2.24) is 15.1 Å². The Morgan fingerprint density at radius 3 is 2.96 bits per heavy atom. The lowest BCUT2D eigenvalue weighted by Gasteiger charge is -2.16. The van der Waals surface area contributed by atoms with Crippen LogP contribution in [0.3, 0.4) is 0 Å². The molecule has 1 aliphatic carbocycles. The van der Waals surface area contributed by atoms with Gasteiger partial charge in [-0.2, -0.15) is 5.10 Å². The second-order valence-electron chi connectivity index (χ2n) is 6.73. The van der Waals surface area contributed by atoms with Crippen LogP contribution in [-0.4, -0.2) is 39.5 Å². The van der Waals surface area contributed by atoms with E-state index < -0.39 is 6.10 Å². The van der Waals surface area contributed by atoms with Gasteiger partial charge in [0.15, 0.2) is 0 Å². The Kier molecular flexibility index (Phi) is 5.83. The van der Waals surface area contributed by atoms with Gasteiger partial charge in [-0.25, -0.2) is 0 Å². The highest BCUT2D eigenvalue weighted by molar-refractivity contribution is 5.77. The molecule has 1 aromatic heterocycles. The van der Waals surface area contributed by atoms with Crippen molar-refractivity contribution >= 4 is 5.91 Å². The Bertz CT molecular complexity index is 687. The normalized spacial score (nSPS) is 22.9. The number of carbonyl (C=O) groups is 1. The molecule has 1 aromatic carbocycles. The molecule has 1 unspecified atom stereocenters. The second-order valence-corrected chi connectivity index (χ2v) is 6.73. The van der Waals surface area contributed by atoms with Crippen molar-refractivity contribution in [3.8, 4) is 0 Å². The minimum Gasteiger partial charge on any atom is -0.391 e. The number of hydrogen-bond donors (Lipinski definition) is 2. The summed E-state index contributed by atoms with van der Waals surface area (Å²) in [6.07, 6.45) is 4.58. The van der Waals surface area contributed by atoms with Gasteiger partial charge in [0.2, 0.25) is 5.91 Å². The van der Waals surface area contributed by atoms with Crippen LogP contribution in [-0.2, 0) is 22.7 Å². The highest BCUT2D eigenvalue weighted by Crippen LogP contribution is 2.27. The van der Waals surface area contributed by atoms with Crippen LogP contribution in [0.1, 0.15) is 24.0 Å². The Morgan fingerprint density at radius 1 is 1.36 bits per heavy atom. The van der Waals surface area contributed by atoms with Crippen LogP contribution in [0.25, 0.3) is 0 Å². The summed E-state index contributed by atoms with van der Waals surface area (Å²) in [6, 6.07) is 9.63. The number of benzene rings is 1.